The normalized spacial score (nSPS) is 25.3. The zero-order valence-electron chi connectivity index (χ0n) is 14.0. The molecule has 2 atom stereocenters. The van der Waals surface area contributed by atoms with E-state index in [1.807, 2.05) is 0 Å². The van der Waals surface area contributed by atoms with Gasteiger partial charge in [-0.3, -0.25) is 9.59 Å². The van der Waals surface area contributed by atoms with E-state index in [0.717, 1.165) is 0 Å². The molecule has 2 fully saturated rings. The van der Waals surface area contributed by atoms with Crippen molar-refractivity contribution in [2.45, 2.75) is 24.1 Å². The monoisotopic (exact) mass is 398 g/mol. The van der Waals surface area contributed by atoms with E-state index >= 15 is 0 Å². The fourth-order valence-electron chi connectivity index (χ4n) is 2.99. The maximum Gasteiger partial charge on any atom is 0.303 e. The Bertz CT molecular complexity index is 850. The molecule has 0 spiro atoms. The van der Waals surface area contributed by atoms with Crippen LogP contribution in [0.4, 0.5) is 5.69 Å². The lowest BCUT2D eigenvalue weighted by Gasteiger charge is -2.24. The third kappa shape index (κ3) is 4.01. The van der Waals surface area contributed by atoms with Crippen molar-refractivity contribution in [3.05, 3.63) is 24.3 Å². The molecule has 26 heavy (non-hydrogen) atoms. The van der Waals surface area contributed by atoms with Crippen molar-refractivity contribution >= 4 is 44.3 Å². The van der Waals surface area contributed by atoms with Crippen molar-refractivity contribution in [2.75, 3.05) is 23.5 Å². The predicted molar refractivity (Wildman–Crippen MR) is 98.6 cm³/mol. The number of carbonyl (C=O) groups is 2. The van der Waals surface area contributed by atoms with Gasteiger partial charge in [-0.1, -0.05) is 11.8 Å². The van der Waals surface area contributed by atoms with E-state index in [1.165, 1.54) is 11.8 Å². The van der Waals surface area contributed by atoms with E-state index in [0.29, 0.717) is 16.6 Å². The number of carbonyl (C=O) groups excluding carboxylic acids is 1. The predicted octanol–water partition coefficient (Wildman–Crippen LogP) is 1.16. The molecule has 1 aromatic rings. The molecule has 8 nitrogen and oxygen atoms in total. The Balaban J connectivity index is 1.90. The zero-order valence-corrected chi connectivity index (χ0v) is 15.6. The number of hydrogen-bond acceptors (Lipinski definition) is 6. The number of aliphatic carboxylic acids is 1. The van der Waals surface area contributed by atoms with Crippen LogP contribution < -0.4 is 9.64 Å². The van der Waals surface area contributed by atoms with Crippen LogP contribution in [0.25, 0.3) is 0 Å². The van der Waals surface area contributed by atoms with Gasteiger partial charge in [0.25, 0.3) is 0 Å². The number of thioether (sulfide) groups is 1. The first kappa shape index (κ1) is 18.7. The Kier molecular flexibility index (Phi) is 5.24. The molecule has 1 N–H and O–H groups in total. The van der Waals surface area contributed by atoms with Crippen molar-refractivity contribution in [3.8, 4) is 5.75 Å². The summed E-state index contributed by atoms with van der Waals surface area (Å²) in [5, 5.41) is 8.91. The summed E-state index contributed by atoms with van der Waals surface area (Å²) in [7, 11) is -1.59. The molecule has 2 unspecified atom stereocenters. The quantitative estimate of drug-likeness (QED) is 0.786. The van der Waals surface area contributed by atoms with E-state index in [9.17, 15) is 18.0 Å². The van der Waals surface area contributed by atoms with E-state index < -0.39 is 21.7 Å². The van der Waals surface area contributed by atoms with Crippen molar-refractivity contribution in [1.29, 1.82) is 0 Å². The van der Waals surface area contributed by atoms with Crippen LogP contribution >= 0.6 is 11.8 Å². The summed E-state index contributed by atoms with van der Waals surface area (Å²) >= 11 is 1.26. The number of hydrogen-bond donors (Lipinski definition) is 1. The molecular formula is C16H18N2O6S2. The van der Waals surface area contributed by atoms with Gasteiger partial charge >= 0.3 is 5.97 Å². The second kappa shape index (κ2) is 7.28. The number of aliphatic imine (C=N–C) groups is 1. The SMILES string of the molecule is COc1ccc(N2C(=NC(=O)CCC(=O)O)SC3CS(=O)(=O)CC32)cc1. The first-order valence-corrected chi connectivity index (χ1v) is 10.6. The number of carboxylic acids is 1. The highest BCUT2D eigenvalue weighted by Crippen LogP contribution is 2.41. The van der Waals surface area contributed by atoms with Crippen molar-refractivity contribution in [3.63, 3.8) is 0 Å². The Labute approximate surface area is 155 Å². The Hall–Kier alpha value is -2.07. The van der Waals surface area contributed by atoms with Crippen molar-refractivity contribution in [2.24, 2.45) is 4.99 Å². The number of carboxylic acid groups (broad SMARTS) is 1. The summed E-state index contributed by atoms with van der Waals surface area (Å²) in [5.41, 5.74) is 0.715. The molecule has 2 aliphatic heterocycles. The van der Waals surface area contributed by atoms with E-state index in [4.69, 9.17) is 9.84 Å². The lowest BCUT2D eigenvalue weighted by atomic mass is 10.2. The van der Waals surface area contributed by atoms with Crippen LogP contribution in [-0.2, 0) is 19.4 Å². The number of anilines is 1. The minimum atomic E-state index is -3.14. The number of sulfone groups is 1. The summed E-state index contributed by atoms with van der Waals surface area (Å²) < 4.78 is 29.1. The highest BCUT2D eigenvalue weighted by molar-refractivity contribution is 8.16. The smallest absolute Gasteiger partial charge is 0.303 e. The Morgan fingerprint density at radius 2 is 1.96 bits per heavy atom. The second-order valence-corrected chi connectivity index (χ2v) is 9.41. The van der Waals surface area contributed by atoms with Crippen LogP contribution in [0.15, 0.2) is 29.3 Å². The van der Waals surface area contributed by atoms with Crippen molar-refractivity contribution < 1.29 is 27.9 Å². The molecule has 1 aromatic carbocycles. The standard InChI is InChI=1S/C16H18N2O6S2/c1-24-11-4-2-10(3-5-11)18-12-8-26(22,23)9-13(12)25-16(18)17-14(19)6-7-15(20)21/h2-5,12-13H,6-9H2,1H3,(H,20,21). The number of amidine groups is 1. The highest BCUT2D eigenvalue weighted by Gasteiger charge is 2.49. The molecule has 3 rings (SSSR count). The van der Waals surface area contributed by atoms with Crippen LogP contribution in [0, 0.1) is 0 Å². The summed E-state index contributed by atoms with van der Waals surface area (Å²) in [6.07, 6.45) is -0.479. The van der Waals surface area contributed by atoms with Gasteiger partial charge in [0.1, 0.15) is 5.75 Å². The molecule has 0 bridgehead atoms. The lowest BCUT2D eigenvalue weighted by molar-refractivity contribution is -0.138. The number of nitrogens with zero attached hydrogens (tertiary/aromatic N) is 2. The molecule has 0 radical (unpaired) electrons. The van der Waals surface area contributed by atoms with Crippen molar-refractivity contribution in [1.82, 2.24) is 0 Å². The van der Waals surface area contributed by atoms with E-state index in [1.54, 1.807) is 36.3 Å². The van der Waals surface area contributed by atoms with Gasteiger partial charge in [-0.15, -0.1) is 0 Å². The number of methoxy groups -OCH3 is 1. The summed E-state index contributed by atoms with van der Waals surface area (Å²) in [6.45, 7) is 0. The molecule has 2 heterocycles. The number of rotatable bonds is 5. The highest BCUT2D eigenvalue weighted by atomic mass is 32.2. The minimum absolute atomic E-state index is 0.000960. The molecule has 2 aliphatic rings. The number of amides is 1. The maximum absolute atomic E-state index is 12.0. The maximum atomic E-state index is 12.0. The summed E-state index contributed by atoms with van der Waals surface area (Å²) in [5.74, 6) is -0.896. The molecular weight excluding hydrogens is 380 g/mol. The van der Waals surface area contributed by atoms with Gasteiger partial charge in [0.2, 0.25) is 5.91 Å². The molecule has 0 aliphatic carbocycles. The number of benzene rings is 1. The van der Waals surface area contributed by atoms with Crippen LogP contribution in [0.3, 0.4) is 0 Å². The van der Waals surface area contributed by atoms with Crippen LogP contribution in [0.1, 0.15) is 12.8 Å². The van der Waals surface area contributed by atoms with Gasteiger partial charge in [-0.2, -0.15) is 4.99 Å². The fourth-order valence-corrected chi connectivity index (χ4v) is 6.92. The van der Waals surface area contributed by atoms with Gasteiger partial charge in [0, 0.05) is 17.4 Å². The van der Waals surface area contributed by atoms with Gasteiger partial charge in [-0.25, -0.2) is 8.42 Å². The molecule has 10 heteroatoms. The van der Waals surface area contributed by atoms with Crippen LogP contribution in [0.5, 0.6) is 5.75 Å². The minimum Gasteiger partial charge on any atom is -0.497 e. The first-order chi connectivity index (χ1) is 12.3. The molecule has 2 saturated heterocycles. The molecule has 0 saturated carbocycles. The average Bonchev–Trinajstić information content (AvgIpc) is 3.04. The van der Waals surface area contributed by atoms with E-state index in [2.05, 4.69) is 4.99 Å². The van der Waals surface area contributed by atoms with Gasteiger partial charge in [0.15, 0.2) is 15.0 Å². The molecule has 140 valence electrons. The molecule has 1 amide bonds. The number of ether oxygens (including phenoxy) is 1. The largest absolute Gasteiger partial charge is 0.497 e. The number of fused-ring (bicyclic) bond motifs is 1. The fraction of sp³-hybridized carbons (Fsp3) is 0.438. The van der Waals surface area contributed by atoms with E-state index in [-0.39, 0.29) is 35.6 Å². The van der Waals surface area contributed by atoms with Gasteiger partial charge in [-0.05, 0) is 24.3 Å². The third-order valence-electron chi connectivity index (χ3n) is 4.19. The van der Waals surface area contributed by atoms with Gasteiger partial charge < -0.3 is 14.7 Å². The summed E-state index contributed by atoms with van der Waals surface area (Å²) in [4.78, 5) is 28.4. The van der Waals surface area contributed by atoms with Gasteiger partial charge in [0.05, 0.1) is 31.1 Å². The first-order valence-electron chi connectivity index (χ1n) is 7.93. The third-order valence-corrected chi connectivity index (χ3v) is 7.40. The Morgan fingerprint density at radius 1 is 1.27 bits per heavy atom. The lowest BCUT2D eigenvalue weighted by Crippen LogP contribution is -2.37. The summed E-state index contributed by atoms with van der Waals surface area (Å²) in [6, 6.07) is 6.76. The topological polar surface area (TPSA) is 113 Å². The van der Waals surface area contributed by atoms with Crippen LogP contribution in [0.2, 0.25) is 0 Å². The average molecular weight is 398 g/mol. The molecule has 0 aromatic heterocycles. The zero-order chi connectivity index (χ0) is 18.9. The second-order valence-electron chi connectivity index (χ2n) is 6.05. The Morgan fingerprint density at radius 3 is 2.58 bits per heavy atom. The van der Waals surface area contributed by atoms with Crippen LogP contribution in [-0.4, -0.2) is 60.5 Å².